The molecule has 0 aromatic heterocycles. The zero-order valence-electron chi connectivity index (χ0n) is 8.30. The van der Waals surface area contributed by atoms with Crippen LogP contribution in [0.3, 0.4) is 0 Å². The van der Waals surface area contributed by atoms with Crippen LogP contribution in [0.5, 0.6) is 0 Å². The quantitative estimate of drug-likeness (QED) is 0.712. The second-order valence-electron chi connectivity index (χ2n) is 4.74. The Kier molecular flexibility index (Phi) is 2.89. The molecule has 1 N–H and O–H groups in total. The lowest BCUT2D eigenvalue weighted by molar-refractivity contribution is 0.000996. The minimum Gasteiger partial charge on any atom is -0.387 e. The van der Waals surface area contributed by atoms with Crippen molar-refractivity contribution in [3.63, 3.8) is 0 Å². The van der Waals surface area contributed by atoms with Crippen molar-refractivity contribution in [1.29, 1.82) is 0 Å². The van der Waals surface area contributed by atoms with Crippen LogP contribution >= 0.6 is 0 Å². The largest absolute Gasteiger partial charge is 0.387 e. The van der Waals surface area contributed by atoms with Gasteiger partial charge in [-0.15, -0.1) is 0 Å². The molecule has 1 atom stereocenters. The van der Waals surface area contributed by atoms with Gasteiger partial charge in [0.2, 0.25) is 0 Å². The van der Waals surface area contributed by atoms with Crippen LogP contribution in [0.1, 0.15) is 44.9 Å². The lowest BCUT2D eigenvalue weighted by Crippen LogP contribution is -2.32. The normalized spacial score (nSPS) is 36.7. The van der Waals surface area contributed by atoms with Crippen molar-refractivity contribution in [1.82, 2.24) is 0 Å². The van der Waals surface area contributed by atoms with Crippen molar-refractivity contribution >= 4 is 0 Å². The molecule has 0 amide bonds. The summed E-state index contributed by atoms with van der Waals surface area (Å²) in [5.74, 6) is 0.764. The van der Waals surface area contributed by atoms with E-state index in [0.717, 1.165) is 25.4 Å². The van der Waals surface area contributed by atoms with E-state index in [1.807, 2.05) is 0 Å². The van der Waals surface area contributed by atoms with Gasteiger partial charge in [0.15, 0.2) is 0 Å². The molecule has 1 unspecified atom stereocenters. The van der Waals surface area contributed by atoms with Gasteiger partial charge in [-0.3, -0.25) is 0 Å². The molecule has 2 fully saturated rings. The first-order valence-electron chi connectivity index (χ1n) is 5.59. The van der Waals surface area contributed by atoms with Crippen molar-refractivity contribution in [2.45, 2.75) is 50.5 Å². The molecule has 13 heavy (non-hydrogen) atoms. The van der Waals surface area contributed by atoms with E-state index in [1.165, 1.54) is 32.1 Å². The Balaban J connectivity index is 1.81. The van der Waals surface area contributed by atoms with E-state index in [4.69, 9.17) is 4.74 Å². The van der Waals surface area contributed by atoms with Gasteiger partial charge in [0.25, 0.3) is 0 Å². The SMILES string of the molecule is OC1(CC2CCCCC2)CCOC1. The van der Waals surface area contributed by atoms with Crippen LogP contribution in [0, 0.1) is 5.92 Å². The van der Waals surface area contributed by atoms with Crippen LogP contribution < -0.4 is 0 Å². The molecule has 0 aromatic carbocycles. The first kappa shape index (κ1) is 9.47. The molecular weight excluding hydrogens is 164 g/mol. The third-order valence-electron chi connectivity index (χ3n) is 3.48. The average molecular weight is 184 g/mol. The second-order valence-corrected chi connectivity index (χ2v) is 4.74. The highest BCUT2D eigenvalue weighted by Crippen LogP contribution is 2.34. The average Bonchev–Trinajstić information content (AvgIpc) is 2.54. The van der Waals surface area contributed by atoms with E-state index in [2.05, 4.69) is 0 Å². The molecule has 1 aliphatic carbocycles. The smallest absolute Gasteiger partial charge is 0.0904 e. The van der Waals surface area contributed by atoms with Crippen molar-refractivity contribution < 1.29 is 9.84 Å². The van der Waals surface area contributed by atoms with Crippen LogP contribution in [-0.4, -0.2) is 23.9 Å². The van der Waals surface area contributed by atoms with E-state index in [1.54, 1.807) is 0 Å². The molecule has 1 aliphatic heterocycles. The first-order chi connectivity index (χ1) is 6.29. The number of hydrogen-bond acceptors (Lipinski definition) is 2. The fourth-order valence-electron chi connectivity index (χ4n) is 2.69. The number of rotatable bonds is 2. The van der Waals surface area contributed by atoms with E-state index in [0.29, 0.717) is 6.61 Å². The summed E-state index contributed by atoms with van der Waals surface area (Å²) in [7, 11) is 0. The summed E-state index contributed by atoms with van der Waals surface area (Å²) in [5.41, 5.74) is -0.470. The summed E-state index contributed by atoms with van der Waals surface area (Å²) in [4.78, 5) is 0. The van der Waals surface area contributed by atoms with Gasteiger partial charge < -0.3 is 9.84 Å². The zero-order valence-corrected chi connectivity index (χ0v) is 8.30. The summed E-state index contributed by atoms with van der Waals surface area (Å²) in [6.07, 6.45) is 8.59. The Morgan fingerprint density at radius 3 is 2.62 bits per heavy atom. The van der Waals surface area contributed by atoms with Crippen molar-refractivity contribution in [3.8, 4) is 0 Å². The van der Waals surface area contributed by atoms with Crippen LogP contribution in [0.25, 0.3) is 0 Å². The standard InChI is InChI=1S/C11H20O2/c12-11(6-7-13-9-11)8-10-4-2-1-3-5-10/h10,12H,1-9H2. The van der Waals surface area contributed by atoms with Crippen LogP contribution in [0.4, 0.5) is 0 Å². The predicted molar refractivity (Wildman–Crippen MR) is 51.6 cm³/mol. The van der Waals surface area contributed by atoms with E-state index in [9.17, 15) is 5.11 Å². The monoisotopic (exact) mass is 184 g/mol. The lowest BCUT2D eigenvalue weighted by atomic mass is 9.80. The third-order valence-corrected chi connectivity index (χ3v) is 3.48. The van der Waals surface area contributed by atoms with Gasteiger partial charge >= 0.3 is 0 Å². The Morgan fingerprint density at radius 2 is 2.00 bits per heavy atom. The number of aliphatic hydroxyl groups is 1. The Labute approximate surface area is 80.3 Å². The Bertz CT molecular complexity index is 155. The highest BCUT2D eigenvalue weighted by Gasteiger charge is 2.34. The molecule has 0 aromatic rings. The topological polar surface area (TPSA) is 29.5 Å². The predicted octanol–water partition coefficient (Wildman–Crippen LogP) is 2.11. The molecule has 2 heteroatoms. The molecular formula is C11H20O2. The molecule has 1 saturated heterocycles. The summed E-state index contributed by atoms with van der Waals surface area (Å²) < 4.78 is 5.25. The maximum absolute atomic E-state index is 10.1. The molecule has 1 heterocycles. The summed E-state index contributed by atoms with van der Waals surface area (Å²) in [6.45, 7) is 1.33. The summed E-state index contributed by atoms with van der Waals surface area (Å²) in [6, 6.07) is 0. The molecule has 2 nitrogen and oxygen atoms in total. The highest BCUT2D eigenvalue weighted by molar-refractivity contribution is 4.85. The molecule has 0 spiro atoms. The summed E-state index contributed by atoms with van der Waals surface area (Å²) >= 11 is 0. The second kappa shape index (κ2) is 3.97. The van der Waals surface area contributed by atoms with Gasteiger partial charge in [-0.1, -0.05) is 32.1 Å². The molecule has 76 valence electrons. The molecule has 2 rings (SSSR count). The highest BCUT2D eigenvalue weighted by atomic mass is 16.5. The van der Waals surface area contributed by atoms with Crippen LogP contribution in [-0.2, 0) is 4.74 Å². The molecule has 1 saturated carbocycles. The van der Waals surface area contributed by atoms with Gasteiger partial charge in [0.05, 0.1) is 12.2 Å². The van der Waals surface area contributed by atoms with Crippen molar-refractivity contribution in [2.75, 3.05) is 13.2 Å². The van der Waals surface area contributed by atoms with E-state index in [-0.39, 0.29) is 0 Å². The number of hydrogen-bond donors (Lipinski definition) is 1. The fraction of sp³-hybridized carbons (Fsp3) is 1.00. The van der Waals surface area contributed by atoms with Gasteiger partial charge in [-0.25, -0.2) is 0 Å². The minimum absolute atomic E-state index is 0.470. The fourth-order valence-corrected chi connectivity index (χ4v) is 2.69. The molecule has 2 aliphatic rings. The zero-order chi connectivity index (χ0) is 9.15. The van der Waals surface area contributed by atoms with Crippen molar-refractivity contribution in [2.24, 2.45) is 5.92 Å². The Hall–Kier alpha value is -0.0800. The van der Waals surface area contributed by atoms with Gasteiger partial charge in [0.1, 0.15) is 0 Å². The maximum Gasteiger partial charge on any atom is 0.0904 e. The van der Waals surface area contributed by atoms with E-state index < -0.39 is 5.60 Å². The van der Waals surface area contributed by atoms with Gasteiger partial charge in [-0.05, 0) is 12.3 Å². The molecule has 0 radical (unpaired) electrons. The minimum atomic E-state index is -0.470. The maximum atomic E-state index is 10.1. The number of ether oxygens (including phenoxy) is 1. The van der Waals surface area contributed by atoms with Gasteiger partial charge in [-0.2, -0.15) is 0 Å². The molecule has 0 bridgehead atoms. The van der Waals surface area contributed by atoms with Crippen LogP contribution in [0.15, 0.2) is 0 Å². The Morgan fingerprint density at radius 1 is 1.23 bits per heavy atom. The summed E-state index contributed by atoms with van der Waals surface area (Å²) in [5, 5.41) is 10.1. The van der Waals surface area contributed by atoms with Crippen molar-refractivity contribution in [3.05, 3.63) is 0 Å². The van der Waals surface area contributed by atoms with E-state index >= 15 is 0 Å². The lowest BCUT2D eigenvalue weighted by Gasteiger charge is -2.29. The van der Waals surface area contributed by atoms with Crippen LogP contribution in [0.2, 0.25) is 0 Å². The third kappa shape index (κ3) is 2.44. The van der Waals surface area contributed by atoms with Gasteiger partial charge in [0, 0.05) is 13.0 Å². The first-order valence-corrected chi connectivity index (χ1v) is 5.59.